The fourth-order valence-corrected chi connectivity index (χ4v) is 3.68. The number of nitrogens with zero attached hydrogens (tertiary/aromatic N) is 7. The third kappa shape index (κ3) is 5.13. The Morgan fingerprint density at radius 3 is 2.79 bits per heavy atom. The first-order chi connectivity index (χ1) is 14.2. The van der Waals surface area contributed by atoms with Crippen molar-refractivity contribution in [1.29, 1.82) is 0 Å². The van der Waals surface area contributed by atoms with Gasteiger partial charge in [-0.1, -0.05) is 5.16 Å². The number of aryl methyl sites for hydroxylation is 1. The molecule has 10 heteroatoms. The number of rotatable bonds is 6. The summed E-state index contributed by atoms with van der Waals surface area (Å²) >= 11 is 0. The molecule has 0 aliphatic carbocycles. The molecule has 1 atom stereocenters. The van der Waals surface area contributed by atoms with E-state index in [2.05, 4.69) is 30.5 Å². The van der Waals surface area contributed by atoms with Crippen LogP contribution >= 0.6 is 0 Å². The molecule has 4 rings (SSSR count). The smallest absolute Gasteiger partial charge is 0.194 e. The maximum absolute atomic E-state index is 5.77. The molecule has 0 amide bonds. The molecule has 2 aliphatic heterocycles. The van der Waals surface area contributed by atoms with Gasteiger partial charge in [0.25, 0.3) is 0 Å². The van der Waals surface area contributed by atoms with Gasteiger partial charge in [0.2, 0.25) is 0 Å². The van der Waals surface area contributed by atoms with Gasteiger partial charge in [0, 0.05) is 59.0 Å². The van der Waals surface area contributed by atoms with Crippen molar-refractivity contribution in [3.8, 4) is 0 Å². The Bertz CT molecular complexity index is 789. The summed E-state index contributed by atoms with van der Waals surface area (Å²) in [7, 11) is 1.97. The second kappa shape index (κ2) is 9.36. The number of hydrogen-bond acceptors (Lipinski definition) is 7. The summed E-state index contributed by atoms with van der Waals surface area (Å²) in [4.78, 5) is 9.56. The minimum atomic E-state index is 0.269. The molecule has 1 N–H and O–H groups in total. The highest BCUT2D eigenvalue weighted by atomic mass is 16.5. The van der Waals surface area contributed by atoms with Gasteiger partial charge in [-0.2, -0.15) is 0 Å². The van der Waals surface area contributed by atoms with Crippen molar-refractivity contribution in [2.75, 3.05) is 39.3 Å². The van der Waals surface area contributed by atoms with E-state index in [1.54, 1.807) is 6.26 Å². The van der Waals surface area contributed by atoms with Crippen molar-refractivity contribution in [3.63, 3.8) is 0 Å². The van der Waals surface area contributed by atoms with E-state index in [9.17, 15) is 0 Å². The summed E-state index contributed by atoms with van der Waals surface area (Å²) in [6.45, 7) is 8.65. The van der Waals surface area contributed by atoms with E-state index in [4.69, 9.17) is 14.3 Å². The standard InChI is InChI=1S/C19H30N8O2/c1-15-22-23-18(25(15)2)13-21-19(20-12-17-4-3-10-28-17)27-8-6-26(7-9-27)14-16-5-11-29-24-16/h5,11,17H,3-4,6-10,12-14H2,1-2H3,(H,20,21). The van der Waals surface area contributed by atoms with Gasteiger partial charge in [0.15, 0.2) is 11.8 Å². The molecule has 1 unspecified atom stereocenters. The lowest BCUT2D eigenvalue weighted by atomic mass is 10.2. The van der Waals surface area contributed by atoms with E-state index in [0.29, 0.717) is 6.54 Å². The van der Waals surface area contributed by atoms with Gasteiger partial charge in [-0.3, -0.25) is 4.90 Å². The van der Waals surface area contributed by atoms with Crippen molar-refractivity contribution >= 4 is 5.96 Å². The van der Waals surface area contributed by atoms with Crippen LogP contribution < -0.4 is 5.32 Å². The van der Waals surface area contributed by atoms with Gasteiger partial charge < -0.3 is 24.0 Å². The SMILES string of the molecule is Cc1nnc(CN=C(NCC2CCCO2)N2CCN(Cc3ccon3)CC2)n1C. The van der Waals surface area contributed by atoms with Crippen molar-refractivity contribution in [1.82, 2.24) is 35.0 Å². The Balaban J connectivity index is 1.37. The monoisotopic (exact) mass is 402 g/mol. The third-order valence-electron chi connectivity index (χ3n) is 5.61. The fourth-order valence-electron chi connectivity index (χ4n) is 3.68. The number of aliphatic imine (C=N–C) groups is 1. The summed E-state index contributed by atoms with van der Waals surface area (Å²) in [5, 5.41) is 15.9. The van der Waals surface area contributed by atoms with Gasteiger partial charge >= 0.3 is 0 Å². The number of hydrogen-bond donors (Lipinski definition) is 1. The van der Waals surface area contributed by atoms with Crippen molar-refractivity contribution in [2.45, 2.75) is 39.0 Å². The lowest BCUT2D eigenvalue weighted by Crippen LogP contribution is -2.53. The topological polar surface area (TPSA) is 96.8 Å². The van der Waals surface area contributed by atoms with Crippen LogP contribution in [-0.4, -0.2) is 81.1 Å². The Kier molecular flexibility index (Phi) is 6.40. The predicted molar refractivity (Wildman–Crippen MR) is 107 cm³/mol. The second-order valence-corrected chi connectivity index (χ2v) is 7.63. The molecule has 4 heterocycles. The summed E-state index contributed by atoms with van der Waals surface area (Å²) in [5.74, 6) is 2.68. The normalized spacial score (nSPS) is 21.1. The lowest BCUT2D eigenvalue weighted by molar-refractivity contribution is 0.112. The molecule has 0 spiro atoms. The van der Waals surface area contributed by atoms with E-state index in [-0.39, 0.29) is 6.10 Å². The van der Waals surface area contributed by atoms with Crippen LogP contribution in [0.4, 0.5) is 0 Å². The molecule has 2 aromatic heterocycles. The summed E-state index contributed by atoms with van der Waals surface area (Å²) < 4.78 is 12.7. The lowest BCUT2D eigenvalue weighted by Gasteiger charge is -2.36. The number of aromatic nitrogens is 4. The molecule has 2 aliphatic rings. The van der Waals surface area contributed by atoms with E-state index in [1.807, 2.05) is 24.6 Å². The number of ether oxygens (including phenoxy) is 1. The quantitative estimate of drug-likeness (QED) is 0.553. The maximum atomic E-state index is 5.77. The molecule has 0 saturated carbocycles. The third-order valence-corrected chi connectivity index (χ3v) is 5.61. The Hall–Kier alpha value is -2.46. The highest BCUT2D eigenvalue weighted by Gasteiger charge is 2.22. The van der Waals surface area contributed by atoms with E-state index < -0.39 is 0 Å². The molecule has 10 nitrogen and oxygen atoms in total. The van der Waals surface area contributed by atoms with Gasteiger partial charge in [0.1, 0.15) is 18.6 Å². The number of guanidine groups is 1. The summed E-state index contributed by atoms with van der Waals surface area (Å²) in [6, 6.07) is 1.92. The average Bonchev–Trinajstić information content (AvgIpc) is 3.49. The number of nitrogens with one attached hydrogen (secondary N) is 1. The highest BCUT2D eigenvalue weighted by Crippen LogP contribution is 2.12. The van der Waals surface area contributed by atoms with Gasteiger partial charge in [-0.25, -0.2) is 4.99 Å². The summed E-state index contributed by atoms with van der Waals surface area (Å²) in [6.07, 6.45) is 4.14. The maximum Gasteiger partial charge on any atom is 0.194 e. The van der Waals surface area contributed by atoms with Crippen LogP contribution in [0.5, 0.6) is 0 Å². The Labute approximate surface area is 170 Å². The first-order valence-electron chi connectivity index (χ1n) is 10.3. The van der Waals surface area contributed by atoms with Crippen molar-refractivity contribution < 1.29 is 9.26 Å². The first-order valence-corrected chi connectivity index (χ1v) is 10.3. The van der Waals surface area contributed by atoms with Gasteiger partial charge in [0.05, 0.1) is 11.8 Å². The van der Waals surface area contributed by atoms with E-state index in [1.165, 1.54) is 0 Å². The predicted octanol–water partition coefficient (Wildman–Crippen LogP) is 0.554. The van der Waals surface area contributed by atoms with Crippen LogP contribution in [0.1, 0.15) is 30.2 Å². The van der Waals surface area contributed by atoms with Crippen molar-refractivity contribution in [3.05, 3.63) is 29.7 Å². The zero-order chi connectivity index (χ0) is 20.1. The first kappa shape index (κ1) is 19.8. The van der Waals surface area contributed by atoms with Crippen LogP contribution in [0, 0.1) is 6.92 Å². The minimum Gasteiger partial charge on any atom is -0.376 e. The van der Waals surface area contributed by atoms with E-state index >= 15 is 0 Å². The molecule has 29 heavy (non-hydrogen) atoms. The van der Waals surface area contributed by atoms with Crippen LogP contribution in [0.2, 0.25) is 0 Å². The molecule has 2 aromatic rings. The molecule has 0 bridgehead atoms. The molecule has 158 valence electrons. The Morgan fingerprint density at radius 1 is 1.28 bits per heavy atom. The highest BCUT2D eigenvalue weighted by molar-refractivity contribution is 5.80. The fraction of sp³-hybridized carbons (Fsp3) is 0.684. The zero-order valence-electron chi connectivity index (χ0n) is 17.3. The van der Waals surface area contributed by atoms with Crippen molar-refractivity contribution in [2.24, 2.45) is 12.0 Å². The van der Waals surface area contributed by atoms with Gasteiger partial charge in [-0.15, -0.1) is 10.2 Å². The molecule has 2 fully saturated rings. The Morgan fingerprint density at radius 2 is 2.14 bits per heavy atom. The second-order valence-electron chi connectivity index (χ2n) is 7.63. The molecule has 2 saturated heterocycles. The van der Waals surface area contributed by atoms with Crippen LogP contribution in [0.15, 0.2) is 21.8 Å². The van der Waals surface area contributed by atoms with Crippen LogP contribution in [0.3, 0.4) is 0 Å². The van der Waals surface area contributed by atoms with E-state index in [0.717, 1.165) is 82.0 Å². The van der Waals surface area contributed by atoms with Gasteiger partial charge in [-0.05, 0) is 19.8 Å². The molecule has 0 aromatic carbocycles. The zero-order valence-corrected chi connectivity index (χ0v) is 17.3. The average molecular weight is 403 g/mol. The van der Waals surface area contributed by atoms with Crippen LogP contribution in [0.25, 0.3) is 0 Å². The number of piperazine rings is 1. The molecular weight excluding hydrogens is 372 g/mol. The summed E-state index contributed by atoms with van der Waals surface area (Å²) in [5.41, 5.74) is 0.974. The molecular formula is C19H30N8O2. The largest absolute Gasteiger partial charge is 0.376 e. The minimum absolute atomic E-state index is 0.269. The molecule has 0 radical (unpaired) electrons. The van der Waals surface area contributed by atoms with Crippen LogP contribution in [-0.2, 0) is 24.9 Å².